The van der Waals surface area contributed by atoms with Crippen LogP contribution in [0.5, 0.6) is 0 Å². The number of aliphatic carboxylic acids is 5. The molecule has 0 atom stereocenters. The number of carboxylic acid groups (broad SMARTS) is 5. The molecule has 1 radical (unpaired) electrons. The molecule has 0 fully saturated rings. The summed E-state index contributed by atoms with van der Waals surface area (Å²) in [6.45, 7) is -1.39. The van der Waals surface area contributed by atoms with E-state index < -0.39 is 29.8 Å². The third-order valence-electron chi connectivity index (χ3n) is 0.873. The van der Waals surface area contributed by atoms with Crippen LogP contribution in [0.1, 0.15) is 0 Å². The van der Waals surface area contributed by atoms with Gasteiger partial charge in [0.2, 0.25) is 0 Å². The van der Waals surface area contributed by atoms with Crippen LogP contribution in [-0.4, -0.2) is 88.1 Å². The number of carbonyl (C=O) groups is 5. The topological polar surface area (TPSA) is 317 Å². The average molecular weight is 585 g/mol. The van der Waals surface area contributed by atoms with Gasteiger partial charge in [-0.25, -0.2) is 0 Å². The van der Waals surface area contributed by atoms with Crippen LogP contribution < -0.4 is 28.7 Å². The van der Waals surface area contributed by atoms with Crippen LogP contribution in [0, 0.1) is 40.4 Å². The normalized spacial score (nSPS) is 6.85. The first kappa shape index (κ1) is 45.0. The molecule has 0 aromatic heterocycles. The Labute approximate surface area is 196 Å². The van der Waals surface area contributed by atoms with Gasteiger partial charge in [0.1, 0.15) is 0 Å². The van der Waals surface area contributed by atoms with Crippen molar-refractivity contribution in [2.75, 3.05) is 32.7 Å². The van der Waals surface area contributed by atoms with E-state index in [1.165, 1.54) is 0 Å². The Morgan fingerprint density at radius 2 is 0.481 bits per heavy atom. The van der Waals surface area contributed by atoms with Gasteiger partial charge in [-0.2, -0.15) is 0 Å². The Balaban J connectivity index is -0.0000000364. The van der Waals surface area contributed by atoms with Crippen LogP contribution >= 0.6 is 0 Å². The first-order valence-electron chi connectivity index (χ1n) is 5.95. The predicted molar refractivity (Wildman–Crippen MR) is 83.5 cm³/mol. The SMILES string of the molecule is NCC(=O)O.NCC(=O)O.NCC(=O)O.NCC(=O)O.NCC(=O)O.[Co].[Sm]. The predicted octanol–water partition coefficient (Wildman–Crippen LogP) is -4.85. The second-order valence-corrected chi connectivity index (χ2v) is 2.99. The van der Waals surface area contributed by atoms with Crippen molar-refractivity contribution in [1.82, 2.24) is 0 Å². The zero-order valence-corrected chi connectivity index (χ0v) is 17.6. The fraction of sp³-hybridized carbons (Fsp3) is 0.500. The smallest absolute Gasteiger partial charge is 0.317 e. The minimum atomic E-state index is -0.968. The summed E-state index contributed by atoms with van der Waals surface area (Å²) >= 11 is 0. The van der Waals surface area contributed by atoms with E-state index in [1.54, 1.807) is 0 Å². The van der Waals surface area contributed by atoms with Crippen molar-refractivity contribution in [1.29, 1.82) is 0 Å². The van der Waals surface area contributed by atoms with E-state index in [2.05, 4.69) is 28.7 Å². The molecule has 17 heteroatoms. The second-order valence-electron chi connectivity index (χ2n) is 2.99. The zero-order valence-electron chi connectivity index (χ0n) is 13.9. The summed E-state index contributed by atoms with van der Waals surface area (Å²) in [5, 5.41) is 38.0. The Hall–Kier alpha value is -1.01. The van der Waals surface area contributed by atoms with Crippen LogP contribution in [-0.2, 0) is 40.8 Å². The maximum atomic E-state index is 9.24. The van der Waals surface area contributed by atoms with Crippen molar-refractivity contribution in [2.45, 2.75) is 0 Å². The summed E-state index contributed by atoms with van der Waals surface area (Å²) in [4.78, 5) is 46.2. The quantitative estimate of drug-likeness (QED) is 0.145. The molecule has 0 spiro atoms. The first-order chi connectivity index (χ1) is 11.4. The monoisotopic (exact) mass is 586 g/mol. The Bertz CT molecular complexity index is 308. The van der Waals surface area contributed by atoms with Gasteiger partial charge in [-0.15, -0.1) is 0 Å². The van der Waals surface area contributed by atoms with Crippen LogP contribution in [0.25, 0.3) is 0 Å². The van der Waals surface area contributed by atoms with E-state index in [9.17, 15) is 24.0 Å². The number of hydrogen-bond donors (Lipinski definition) is 10. The van der Waals surface area contributed by atoms with Crippen molar-refractivity contribution in [3.05, 3.63) is 0 Å². The number of nitrogens with two attached hydrogens (primary N) is 5. The summed E-state index contributed by atoms with van der Waals surface area (Å²) in [5.74, 6) is -4.84. The fourth-order valence-corrected chi connectivity index (χ4v) is 0. The molecule has 0 amide bonds. The van der Waals surface area contributed by atoms with Gasteiger partial charge >= 0.3 is 29.8 Å². The van der Waals surface area contributed by atoms with E-state index in [0.29, 0.717) is 0 Å². The third kappa shape index (κ3) is 163. The Kier molecular flexibility index (Phi) is 66.5. The standard InChI is InChI=1S/5C2H5NO2.Co.Sm/c5*3-1-2(4)5;;/h5*1,3H2,(H,4,5);;. The second kappa shape index (κ2) is 39.9. The van der Waals surface area contributed by atoms with Gasteiger partial charge in [-0.1, -0.05) is 0 Å². The summed E-state index contributed by atoms with van der Waals surface area (Å²) in [7, 11) is 0. The molecule has 27 heavy (non-hydrogen) atoms. The van der Waals surface area contributed by atoms with E-state index >= 15 is 0 Å². The molecular formula is C10H25CoN5O10Sm. The van der Waals surface area contributed by atoms with Crippen molar-refractivity contribution in [3.8, 4) is 0 Å². The van der Waals surface area contributed by atoms with Crippen molar-refractivity contribution < 1.29 is 107 Å². The van der Waals surface area contributed by atoms with E-state index in [0.717, 1.165) is 0 Å². The maximum Gasteiger partial charge on any atom is 0.317 e. The van der Waals surface area contributed by atoms with Gasteiger partial charge < -0.3 is 54.2 Å². The molecule has 0 aromatic rings. The van der Waals surface area contributed by atoms with Crippen LogP contribution in [0.4, 0.5) is 0 Å². The maximum absolute atomic E-state index is 9.24. The number of hydrogen-bond acceptors (Lipinski definition) is 10. The minimum Gasteiger partial charge on any atom is -0.480 e. The fourth-order valence-electron chi connectivity index (χ4n) is 0. The first-order valence-corrected chi connectivity index (χ1v) is 5.95. The Morgan fingerprint density at radius 3 is 0.481 bits per heavy atom. The average Bonchev–Trinajstić information content (AvgIpc) is 2.56. The molecule has 15 nitrogen and oxygen atoms in total. The molecule has 0 aromatic carbocycles. The molecule has 0 bridgehead atoms. The minimum absolute atomic E-state index is 0. The van der Waals surface area contributed by atoms with Crippen LogP contribution in [0.15, 0.2) is 0 Å². The largest absolute Gasteiger partial charge is 0.480 e. The van der Waals surface area contributed by atoms with Gasteiger partial charge in [-0.3, -0.25) is 24.0 Å². The molecule has 0 unspecified atom stereocenters. The van der Waals surface area contributed by atoms with Crippen molar-refractivity contribution in [3.63, 3.8) is 0 Å². The van der Waals surface area contributed by atoms with Crippen LogP contribution in [0.2, 0.25) is 0 Å². The molecule has 0 heterocycles. The molecular weight excluding hydrogens is 559 g/mol. The van der Waals surface area contributed by atoms with Crippen molar-refractivity contribution in [2.24, 2.45) is 28.7 Å². The molecule has 0 rings (SSSR count). The van der Waals surface area contributed by atoms with E-state index in [4.69, 9.17) is 25.5 Å². The molecule has 0 saturated carbocycles. The van der Waals surface area contributed by atoms with Crippen LogP contribution in [0.3, 0.4) is 0 Å². The number of carboxylic acids is 5. The summed E-state index contributed by atoms with van der Waals surface area (Å²) < 4.78 is 0. The third-order valence-corrected chi connectivity index (χ3v) is 0.873. The van der Waals surface area contributed by atoms with E-state index in [-0.39, 0.29) is 89.9 Å². The summed E-state index contributed by atoms with van der Waals surface area (Å²) in [5.41, 5.74) is 22.9. The van der Waals surface area contributed by atoms with E-state index in [1.807, 2.05) is 0 Å². The van der Waals surface area contributed by atoms with Gasteiger partial charge in [0.05, 0.1) is 32.7 Å². The van der Waals surface area contributed by atoms with Gasteiger partial charge in [0.15, 0.2) is 0 Å². The molecule has 165 valence electrons. The zero-order chi connectivity index (χ0) is 21.4. The molecule has 0 saturated heterocycles. The molecule has 0 aliphatic heterocycles. The molecule has 15 N–H and O–H groups in total. The Morgan fingerprint density at radius 1 is 0.444 bits per heavy atom. The van der Waals surface area contributed by atoms with Crippen molar-refractivity contribution >= 4 is 29.8 Å². The van der Waals surface area contributed by atoms with Gasteiger partial charge in [0.25, 0.3) is 0 Å². The van der Waals surface area contributed by atoms with Gasteiger partial charge in [-0.05, 0) is 0 Å². The molecule has 0 aliphatic carbocycles. The number of rotatable bonds is 5. The summed E-state index contributed by atoms with van der Waals surface area (Å²) in [6, 6.07) is 0. The van der Waals surface area contributed by atoms with Gasteiger partial charge in [0, 0.05) is 57.2 Å². The molecule has 0 aliphatic rings. The summed E-state index contributed by atoms with van der Waals surface area (Å²) in [6.07, 6.45) is 0.